The molecule has 4 aliphatic rings. The number of likely N-dealkylation sites (tertiary alicyclic amines) is 1. The first kappa shape index (κ1) is 40.0. The lowest BCUT2D eigenvalue weighted by Crippen LogP contribution is -2.51. The third-order valence-electron chi connectivity index (χ3n) is 12.6. The number of hydrogen-bond acceptors (Lipinski definition) is 7. The molecule has 0 radical (unpaired) electrons. The molecule has 2 bridgehead atoms. The van der Waals surface area contributed by atoms with Crippen molar-refractivity contribution in [2.45, 2.75) is 77.2 Å². The molecule has 1 saturated heterocycles. The molecule has 59 heavy (non-hydrogen) atoms. The highest BCUT2D eigenvalue weighted by molar-refractivity contribution is 6.02. The Bertz CT molecular complexity index is 2270. The van der Waals surface area contributed by atoms with Crippen LogP contribution in [0, 0.1) is 29.6 Å². The van der Waals surface area contributed by atoms with Crippen molar-refractivity contribution in [2.75, 3.05) is 13.7 Å². The summed E-state index contributed by atoms with van der Waals surface area (Å²) in [6, 6.07) is 18.5. The molecule has 2 aliphatic carbocycles. The van der Waals surface area contributed by atoms with Gasteiger partial charge in [0.15, 0.2) is 0 Å². The molecule has 2 unspecified atom stereocenters. The van der Waals surface area contributed by atoms with Crippen LogP contribution in [-0.2, 0) is 27.0 Å². The number of H-pyrrole nitrogens is 1. The highest BCUT2D eigenvalue weighted by Crippen LogP contribution is 2.54. The molecule has 3 fully saturated rings. The second-order valence-electron chi connectivity index (χ2n) is 16.4. The summed E-state index contributed by atoms with van der Waals surface area (Å²) in [6.07, 6.45) is 4.71. The molecule has 308 valence electrons. The summed E-state index contributed by atoms with van der Waals surface area (Å²) in [7, 11) is 1.28. The number of hydrogen-bond donors (Lipinski definition) is 3. The van der Waals surface area contributed by atoms with E-state index in [1.807, 2.05) is 32.2 Å². The molecular weight excluding hydrogens is 760 g/mol. The highest BCUT2D eigenvalue weighted by Gasteiger charge is 2.53. The van der Waals surface area contributed by atoms with Gasteiger partial charge in [-0.05, 0) is 83.8 Å². The van der Waals surface area contributed by atoms with Crippen molar-refractivity contribution in [3.05, 3.63) is 102 Å². The van der Waals surface area contributed by atoms with Crippen LogP contribution in [0.3, 0.4) is 0 Å². The molecule has 11 nitrogen and oxygen atoms in total. The van der Waals surface area contributed by atoms with Gasteiger partial charge in [0.05, 0.1) is 25.0 Å². The van der Waals surface area contributed by atoms with Gasteiger partial charge in [0.2, 0.25) is 11.8 Å². The standard InChI is InChI=1S/C45H48F3N7O4/c1-25(2)39(54-44(58)59-3)43(57)55-19-5-7-36(55)41-51-24-35(53-41)29-14-12-27(13-15-29)26-8-10-28(11-9-26)33-21-34(50-23-33)37-30-16-17-31(20-30)38(37)42(56)52-22-32-6-4-18-49-40(32)45(46,47)48/h4,6,8-15,18,23-25,30-31,36-39H,5,7,16-17,19-22H2,1-3H3,(H,51,53)(H,52,56)(H,54,58)/t30?,31?,36-,37-,38+,39-/m0/s1. The third-order valence-corrected chi connectivity index (χ3v) is 12.6. The smallest absolute Gasteiger partial charge is 0.433 e. The molecular formula is C45H48F3N7O4. The number of nitrogens with one attached hydrogen (secondary N) is 3. The Kier molecular flexibility index (Phi) is 11.2. The Morgan fingerprint density at radius 2 is 1.63 bits per heavy atom. The predicted molar refractivity (Wildman–Crippen MR) is 216 cm³/mol. The van der Waals surface area contributed by atoms with Gasteiger partial charge in [0.1, 0.15) is 17.6 Å². The van der Waals surface area contributed by atoms with E-state index in [1.165, 1.54) is 19.2 Å². The molecule has 3 N–H and O–H groups in total. The average Bonchev–Trinajstić information content (AvgIpc) is 4.10. The van der Waals surface area contributed by atoms with Crippen molar-refractivity contribution >= 4 is 29.2 Å². The maximum absolute atomic E-state index is 13.6. The second kappa shape index (κ2) is 16.5. The van der Waals surface area contributed by atoms with E-state index in [9.17, 15) is 27.6 Å². The fourth-order valence-electron chi connectivity index (χ4n) is 9.68. The van der Waals surface area contributed by atoms with E-state index in [-0.39, 0.29) is 53.6 Å². The van der Waals surface area contributed by atoms with E-state index in [0.29, 0.717) is 24.7 Å². The van der Waals surface area contributed by atoms with E-state index in [2.05, 4.69) is 62.0 Å². The molecule has 0 spiro atoms. The van der Waals surface area contributed by atoms with Crippen LogP contribution < -0.4 is 10.6 Å². The van der Waals surface area contributed by atoms with Crippen LogP contribution in [0.25, 0.3) is 28.0 Å². The minimum atomic E-state index is -4.60. The van der Waals surface area contributed by atoms with E-state index in [1.54, 1.807) is 11.1 Å². The Balaban J connectivity index is 0.887. The Hall–Kier alpha value is -5.79. The predicted octanol–water partition coefficient (Wildman–Crippen LogP) is 8.37. The number of pyridine rings is 1. The van der Waals surface area contributed by atoms with Crippen LogP contribution >= 0.6 is 0 Å². The zero-order valence-electron chi connectivity index (χ0n) is 33.3. The number of aromatic nitrogens is 3. The molecule has 4 aromatic rings. The number of halogens is 3. The number of ether oxygens (including phenoxy) is 1. The van der Waals surface area contributed by atoms with E-state index >= 15 is 0 Å². The van der Waals surface area contributed by atoms with E-state index in [4.69, 9.17) is 9.73 Å². The van der Waals surface area contributed by atoms with Gasteiger partial charge < -0.3 is 25.3 Å². The first-order chi connectivity index (χ1) is 28.4. The fraction of sp³-hybridized carbons (Fsp3) is 0.422. The van der Waals surface area contributed by atoms with Gasteiger partial charge in [-0.3, -0.25) is 19.6 Å². The van der Waals surface area contributed by atoms with Crippen LogP contribution in [0.2, 0.25) is 0 Å². The number of rotatable bonds is 11. The second-order valence-corrected chi connectivity index (χ2v) is 16.4. The Labute approximate surface area is 341 Å². The number of fused-ring (bicyclic) bond motifs is 2. The van der Waals surface area contributed by atoms with Crippen molar-refractivity contribution in [3.63, 3.8) is 0 Å². The maximum Gasteiger partial charge on any atom is 0.433 e. The summed E-state index contributed by atoms with van der Waals surface area (Å²) >= 11 is 0. The SMILES string of the molecule is COC(=O)N[C@H](C(=O)N1CCC[C@H]1c1ncc(-c2ccc(-c3ccc(C4=CN=C([C@@H]5C6CCC(C6)[C@H]5C(=O)NCc5cccnc5C(F)(F)F)C4)cc3)cc2)[nH]1)C(C)C. The number of carbonyl (C=O) groups is 3. The molecule has 6 atom stereocenters. The zero-order chi connectivity index (χ0) is 41.4. The monoisotopic (exact) mass is 807 g/mol. The number of alkyl halides is 3. The lowest BCUT2D eigenvalue weighted by Gasteiger charge is -2.30. The fourth-order valence-corrected chi connectivity index (χ4v) is 9.68. The largest absolute Gasteiger partial charge is 0.453 e. The summed E-state index contributed by atoms with van der Waals surface area (Å²) in [5, 5.41) is 5.50. The van der Waals surface area contributed by atoms with E-state index in [0.717, 1.165) is 77.5 Å². The quantitative estimate of drug-likeness (QED) is 0.139. The number of carbonyl (C=O) groups excluding carboxylic acids is 3. The third kappa shape index (κ3) is 8.13. The number of allylic oxidation sites excluding steroid dienone is 1. The number of methoxy groups -OCH3 is 1. The molecule has 3 amide bonds. The van der Waals surface area contributed by atoms with Crippen LogP contribution in [0.5, 0.6) is 0 Å². The summed E-state index contributed by atoms with van der Waals surface area (Å²) in [6.45, 7) is 4.14. The van der Waals surface area contributed by atoms with Gasteiger partial charge in [-0.2, -0.15) is 13.2 Å². The van der Waals surface area contributed by atoms with Gasteiger partial charge in [0, 0.05) is 55.0 Å². The zero-order valence-corrected chi connectivity index (χ0v) is 33.3. The molecule has 14 heteroatoms. The number of aliphatic imine (C=N–C) groups is 1. The Morgan fingerprint density at radius 3 is 2.32 bits per heavy atom. The summed E-state index contributed by atoms with van der Waals surface area (Å²) < 4.78 is 45.3. The topological polar surface area (TPSA) is 142 Å². The minimum Gasteiger partial charge on any atom is -0.453 e. The minimum absolute atomic E-state index is 0.0330. The summed E-state index contributed by atoms with van der Waals surface area (Å²) in [4.78, 5) is 57.4. The van der Waals surface area contributed by atoms with Crippen molar-refractivity contribution in [3.8, 4) is 22.4 Å². The molecule has 2 saturated carbocycles. The number of alkyl carbamates (subject to hydrolysis) is 1. The first-order valence-corrected chi connectivity index (χ1v) is 20.3. The maximum atomic E-state index is 13.6. The molecule has 8 rings (SSSR count). The van der Waals surface area contributed by atoms with Crippen molar-refractivity contribution in [2.24, 2.45) is 34.6 Å². The molecule has 2 aliphatic heterocycles. The van der Waals surface area contributed by atoms with Gasteiger partial charge in [-0.15, -0.1) is 0 Å². The van der Waals surface area contributed by atoms with Gasteiger partial charge in [-0.25, -0.2) is 9.78 Å². The van der Waals surface area contributed by atoms with Crippen molar-refractivity contribution < 1.29 is 32.3 Å². The van der Waals surface area contributed by atoms with Crippen LogP contribution in [0.15, 0.2) is 84.2 Å². The lowest BCUT2D eigenvalue weighted by molar-refractivity contribution is -0.142. The van der Waals surface area contributed by atoms with Gasteiger partial charge in [-0.1, -0.05) is 68.4 Å². The molecule has 2 aromatic heterocycles. The van der Waals surface area contributed by atoms with Crippen LogP contribution in [0.1, 0.15) is 81.1 Å². The van der Waals surface area contributed by atoms with Crippen LogP contribution in [0.4, 0.5) is 18.0 Å². The number of amides is 3. The summed E-state index contributed by atoms with van der Waals surface area (Å²) in [5.74, 6) is 0.421. The number of imidazole rings is 1. The van der Waals surface area contributed by atoms with Gasteiger partial charge >= 0.3 is 12.3 Å². The first-order valence-electron chi connectivity index (χ1n) is 20.3. The van der Waals surface area contributed by atoms with Crippen LogP contribution in [-0.4, -0.2) is 63.2 Å². The number of nitrogens with zero attached hydrogens (tertiary/aromatic N) is 4. The van der Waals surface area contributed by atoms with Crippen molar-refractivity contribution in [1.82, 2.24) is 30.5 Å². The molecule has 4 heterocycles. The number of benzene rings is 2. The Morgan fingerprint density at radius 1 is 0.932 bits per heavy atom. The van der Waals surface area contributed by atoms with E-state index < -0.39 is 24.0 Å². The normalized spacial score (nSPS) is 23.0. The lowest BCUT2D eigenvalue weighted by atomic mass is 9.75. The molecule has 2 aromatic carbocycles. The van der Waals surface area contributed by atoms with Crippen molar-refractivity contribution in [1.29, 1.82) is 0 Å². The van der Waals surface area contributed by atoms with Gasteiger partial charge in [0.25, 0.3) is 0 Å². The highest BCUT2D eigenvalue weighted by atomic mass is 19.4. The summed E-state index contributed by atoms with van der Waals surface area (Å²) in [5.41, 5.74) is 6.00. The average molecular weight is 808 g/mol. The number of aromatic amines is 1.